The molecule has 1 unspecified atom stereocenters. The summed E-state index contributed by atoms with van der Waals surface area (Å²) in [4.78, 5) is 39.5. The van der Waals surface area contributed by atoms with Gasteiger partial charge in [-0.25, -0.2) is 19.3 Å². The number of alkyl halides is 1. The smallest absolute Gasteiger partial charge is 0.248 e. The molecular formula is C26H25ClFN7O3. The number of aliphatic hydroxyl groups is 1. The summed E-state index contributed by atoms with van der Waals surface area (Å²) in [6.45, 7) is 1.33. The van der Waals surface area contributed by atoms with Gasteiger partial charge in [0.2, 0.25) is 11.8 Å². The maximum Gasteiger partial charge on any atom is 0.248 e. The van der Waals surface area contributed by atoms with E-state index < -0.39 is 30.1 Å². The molecule has 1 aromatic carbocycles. The van der Waals surface area contributed by atoms with Gasteiger partial charge in [-0.3, -0.25) is 9.59 Å². The molecule has 0 saturated carbocycles. The minimum atomic E-state index is -1.33. The molecule has 3 aromatic heterocycles. The van der Waals surface area contributed by atoms with Crippen LogP contribution in [0.1, 0.15) is 25.0 Å². The number of benzene rings is 1. The Morgan fingerprint density at radius 1 is 1.21 bits per heavy atom. The number of rotatable bonds is 7. The van der Waals surface area contributed by atoms with E-state index in [1.54, 1.807) is 48.3 Å². The average Bonchev–Trinajstić information content (AvgIpc) is 3.45. The first-order chi connectivity index (χ1) is 18.3. The van der Waals surface area contributed by atoms with E-state index in [-0.39, 0.29) is 30.5 Å². The molecule has 0 radical (unpaired) electrons. The summed E-state index contributed by atoms with van der Waals surface area (Å²) in [6, 6.07) is 9.31. The molecule has 1 saturated heterocycles. The molecule has 10 nitrogen and oxygen atoms in total. The minimum Gasteiger partial charge on any atom is -0.389 e. The first-order valence-corrected chi connectivity index (χ1v) is 12.4. The molecule has 196 valence electrons. The number of amides is 2. The number of nitrogens with one attached hydrogen (secondary N) is 2. The second-order valence-electron chi connectivity index (χ2n) is 9.10. The number of aromatic nitrogens is 4. The van der Waals surface area contributed by atoms with Crippen LogP contribution in [0.2, 0.25) is 5.15 Å². The number of likely N-dealkylation sites (tertiary alicyclic amines) is 1. The summed E-state index contributed by atoms with van der Waals surface area (Å²) in [5.41, 5.74) is 2.80. The third-order valence-corrected chi connectivity index (χ3v) is 6.57. The Morgan fingerprint density at radius 3 is 2.74 bits per heavy atom. The van der Waals surface area contributed by atoms with Gasteiger partial charge in [-0.1, -0.05) is 17.7 Å². The first-order valence-electron chi connectivity index (χ1n) is 12.0. The Kier molecular flexibility index (Phi) is 7.21. The molecule has 0 spiro atoms. The fourth-order valence-electron chi connectivity index (χ4n) is 4.63. The van der Waals surface area contributed by atoms with Gasteiger partial charge in [0.1, 0.15) is 36.1 Å². The molecule has 1 aliphatic heterocycles. The summed E-state index contributed by atoms with van der Waals surface area (Å²) in [5, 5.41) is 17.2. The molecule has 5 rings (SSSR count). The van der Waals surface area contributed by atoms with Crippen LogP contribution in [-0.4, -0.2) is 60.1 Å². The fourth-order valence-corrected chi connectivity index (χ4v) is 4.79. The van der Waals surface area contributed by atoms with Gasteiger partial charge in [-0.15, -0.1) is 0 Å². The van der Waals surface area contributed by atoms with E-state index in [9.17, 15) is 19.1 Å². The lowest BCUT2D eigenvalue weighted by molar-refractivity contribution is -0.137. The molecule has 3 atom stereocenters. The number of fused-ring (bicyclic) bond motifs is 1. The Balaban J connectivity index is 1.37. The van der Waals surface area contributed by atoms with Crippen molar-refractivity contribution in [2.45, 2.75) is 38.2 Å². The molecule has 1 aliphatic rings. The lowest BCUT2D eigenvalue weighted by atomic mass is 10.1. The van der Waals surface area contributed by atoms with E-state index in [0.29, 0.717) is 16.8 Å². The zero-order valence-electron chi connectivity index (χ0n) is 20.4. The summed E-state index contributed by atoms with van der Waals surface area (Å²) in [6.07, 6.45) is 4.19. The van der Waals surface area contributed by atoms with Crippen LogP contribution in [0.4, 0.5) is 21.6 Å². The van der Waals surface area contributed by atoms with Crippen molar-refractivity contribution >= 4 is 51.5 Å². The molecule has 3 N–H and O–H groups in total. The number of pyridine rings is 1. The van der Waals surface area contributed by atoms with Crippen LogP contribution in [0, 0.1) is 0 Å². The lowest BCUT2D eigenvalue weighted by Gasteiger charge is -2.24. The molecule has 0 aliphatic carbocycles. The summed E-state index contributed by atoms with van der Waals surface area (Å²) >= 11 is 5.89. The van der Waals surface area contributed by atoms with Gasteiger partial charge in [0.25, 0.3) is 0 Å². The number of hydrogen-bond acceptors (Lipinski definition) is 7. The van der Waals surface area contributed by atoms with Crippen LogP contribution < -0.4 is 10.6 Å². The third-order valence-electron chi connectivity index (χ3n) is 6.36. The van der Waals surface area contributed by atoms with Crippen molar-refractivity contribution in [3.8, 4) is 0 Å². The van der Waals surface area contributed by atoms with E-state index in [1.165, 1.54) is 11.2 Å². The highest BCUT2D eigenvalue weighted by Gasteiger charge is 2.40. The summed E-state index contributed by atoms with van der Waals surface area (Å²) in [5.74, 6) is -0.723. The Hall–Kier alpha value is -4.09. The number of nitrogens with zero attached hydrogens (tertiary/aromatic N) is 5. The van der Waals surface area contributed by atoms with Crippen LogP contribution in [-0.2, 0) is 16.1 Å². The average molecular weight is 538 g/mol. The van der Waals surface area contributed by atoms with Gasteiger partial charge in [0.05, 0.1) is 30.7 Å². The Labute approximate surface area is 222 Å². The van der Waals surface area contributed by atoms with Gasteiger partial charge in [0.15, 0.2) is 0 Å². The minimum absolute atomic E-state index is 0.109. The number of anilines is 3. The Bertz CT molecular complexity index is 1480. The van der Waals surface area contributed by atoms with Crippen molar-refractivity contribution in [1.82, 2.24) is 24.4 Å². The monoisotopic (exact) mass is 537 g/mol. The van der Waals surface area contributed by atoms with E-state index >= 15 is 0 Å². The van der Waals surface area contributed by atoms with Crippen molar-refractivity contribution in [3.05, 3.63) is 72.0 Å². The second-order valence-corrected chi connectivity index (χ2v) is 9.49. The number of carbonyl (C=O) groups excluding carboxylic acids is 2. The van der Waals surface area contributed by atoms with Crippen LogP contribution in [0.5, 0.6) is 0 Å². The molecule has 38 heavy (non-hydrogen) atoms. The summed E-state index contributed by atoms with van der Waals surface area (Å²) < 4.78 is 16.1. The predicted octanol–water partition coefficient (Wildman–Crippen LogP) is 3.85. The quantitative estimate of drug-likeness (QED) is 0.306. The van der Waals surface area contributed by atoms with Gasteiger partial charge in [-0.2, -0.15) is 0 Å². The third kappa shape index (κ3) is 5.43. The van der Waals surface area contributed by atoms with Crippen LogP contribution in [0.25, 0.3) is 10.9 Å². The fraction of sp³-hybridized carbons (Fsp3) is 0.269. The second kappa shape index (κ2) is 10.7. The van der Waals surface area contributed by atoms with Crippen LogP contribution >= 0.6 is 11.6 Å². The van der Waals surface area contributed by atoms with E-state index in [4.69, 9.17) is 11.6 Å². The SMILES string of the molecule is CC(O)c1cn(CC(=O)N2C[C@H](F)C[C@H]2C(=O)Nc2cccc(Cl)n2)c2ccc(Nc3cncnc3)cc12. The van der Waals surface area contributed by atoms with Crippen LogP contribution in [0.15, 0.2) is 61.3 Å². The largest absolute Gasteiger partial charge is 0.389 e. The molecule has 0 bridgehead atoms. The van der Waals surface area contributed by atoms with Crippen molar-refractivity contribution in [3.63, 3.8) is 0 Å². The Morgan fingerprint density at radius 2 is 2.00 bits per heavy atom. The molecule has 2 amide bonds. The summed E-state index contributed by atoms with van der Waals surface area (Å²) in [7, 11) is 0. The van der Waals surface area contributed by atoms with E-state index in [0.717, 1.165) is 11.1 Å². The number of halogens is 2. The van der Waals surface area contributed by atoms with Gasteiger partial charge < -0.3 is 25.2 Å². The molecule has 4 heterocycles. The van der Waals surface area contributed by atoms with Gasteiger partial charge >= 0.3 is 0 Å². The van der Waals surface area contributed by atoms with E-state index in [2.05, 4.69) is 25.6 Å². The number of aliphatic hydroxyl groups excluding tert-OH is 1. The van der Waals surface area contributed by atoms with Crippen LogP contribution in [0.3, 0.4) is 0 Å². The molecular weight excluding hydrogens is 513 g/mol. The highest BCUT2D eigenvalue weighted by atomic mass is 35.5. The van der Waals surface area contributed by atoms with E-state index in [1.807, 2.05) is 18.2 Å². The normalized spacial score (nSPS) is 17.9. The lowest BCUT2D eigenvalue weighted by Crippen LogP contribution is -2.44. The standard InChI is InChI=1S/C26H25ClFN7O3/c1-15(36)20-12-34(21-6-5-17(8-19(20)21)31-18-9-29-14-30-10-18)13-25(37)35-11-16(28)7-22(35)26(38)33-24-4-2-3-23(27)32-24/h2-6,8-10,12,14-16,22,31,36H,7,11,13H2,1H3,(H,32,33,38)/t15?,16-,22+/m1/s1. The van der Waals surface area contributed by atoms with Crippen molar-refractivity contribution in [2.75, 3.05) is 17.2 Å². The predicted molar refractivity (Wildman–Crippen MR) is 141 cm³/mol. The topological polar surface area (TPSA) is 125 Å². The van der Waals surface area contributed by atoms with Crippen molar-refractivity contribution < 1.29 is 19.1 Å². The van der Waals surface area contributed by atoms with Gasteiger partial charge in [0, 0.05) is 34.8 Å². The highest BCUT2D eigenvalue weighted by Crippen LogP contribution is 2.31. The zero-order valence-corrected chi connectivity index (χ0v) is 21.1. The first kappa shape index (κ1) is 25.6. The number of hydrogen-bond donors (Lipinski definition) is 3. The molecule has 1 fully saturated rings. The van der Waals surface area contributed by atoms with Crippen molar-refractivity contribution in [1.29, 1.82) is 0 Å². The number of carbonyl (C=O) groups is 2. The van der Waals surface area contributed by atoms with Gasteiger partial charge in [-0.05, 0) is 37.3 Å². The maximum atomic E-state index is 14.4. The van der Waals surface area contributed by atoms with Crippen molar-refractivity contribution in [2.24, 2.45) is 0 Å². The molecule has 4 aromatic rings. The maximum absolute atomic E-state index is 14.4. The molecule has 12 heteroatoms. The highest BCUT2D eigenvalue weighted by molar-refractivity contribution is 6.29. The zero-order chi connectivity index (χ0) is 26.8.